The first-order chi connectivity index (χ1) is 5.17. The van der Waals surface area contributed by atoms with Crippen molar-refractivity contribution >= 4 is 5.78 Å². The number of hydroxylamine groups is 1. The molecule has 2 atom stereocenters. The Labute approximate surface area is 65.4 Å². The second kappa shape index (κ2) is 2.62. The van der Waals surface area contributed by atoms with Crippen molar-refractivity contribution in [1.82, 2.24) is 5.48 Å². The van der Waals surface area contributed by atoms with Crippen molar-refractivity contribution in [3.8, 4) is 0 Å². The summed E-state index contributed by atoms with van der Waals surface area (Å²) < 4.78 is 0. The molecule has 1 aliphatic carbocycles. The monoisotopic (exact) mass is 153 g/mol. The highest BCUT2D eigenvalue weighted by atomic mass is 16.5. The number of ketones is 1. The highest BCUT2D eigenvalue weighted by Crippen LogP contribution is 2.44. The Kier molecular flexibility index (Phi) is 1.96. The SMILES string of the molecule is C=C=C[C@@H]1C[C@@]1(NO)C(C)=O. The molecule has 0 amide bonds. The Morgan fingerprint density at radius 1 is 2.00 bits per heavy atom. The zero-order chi connectivity index (χ0) is 8.48. The summed E-state index contributed by atoms with van der Waals surface area (Å²) in [5.41, 5.74) is 3.90. The zero-order valence-electron chi connectivity index (χ0n) is 6.42. The van der Waals surface area contributed by atoms with E-state index in [-0.39, 0.29) is 11.7 Å². The molecule has 0 aromatic heterocycles. The van der Waals surface area contributed by atoms with Crippen LogP contribution < -0.4 is 5.48 Å². The molecule has 0 unspecified atom stereocenters. The Hall–Kier alpha value is -0.890. The molecule has 3 heteroatoms. The van der Waals surface area contributed by atoms with Crippen LogP contribution in [0.15, 0.2) is 18.4 Å². The van der Waals surface area contributed by atoms with Crippen LogP contribution in [-0.2, 0) is 4.79 Å². The van der Waals surface area contributed by atoms with Crippen molar-refractivity contribution in [2.24, 2.45) is 5.92 Å². The lowest BCUT2D eigenvalue weighted by molar-refractivity contribution is -0.123. The topological polar surface area (TPSA) is 49.3 Å². The van der Waals surface area contributed by atoms with Crippen molar-refractivity contribution in [1.29, 1.82) is 0 Å². The Morgan fingerprint density at radius 2 is 2.64 bits per heavy atom. The maximum Gasteiger partial charge on any atom is 0.152 e. The van der Waals surface area contributed by atoms with Gasteiger partial charge in [0.25, 0.3) is 0 Å². The molecule has 11 heavy (non-hydrogen) atoms. The third-order valence-electron chi connectivity index (χ3n) is 2.16. The molecule has 0 aliphatic heterocycles. The molecule has 2 N–H and O–H groups in total. The minimum absolute atomic E-state index is 0.0449. The van der Waals surface area contributed by atoms with E-state index in [2.05, 4.69) is 12.3 Å². The van der Waals surface area contributed by atoms with E-state index in [1.165, 1.54) is 6.92 Å². The van der Waals surface area contributed by atoms with Gasteiger partial charge in [0.2, 0.25) is 0 Å². The van der Waals surface area contributed by atoms with E-state index in [0.29, 0.717) is 6.42 Å². The average Bonchev–Trinajstić information content (AvgIpc) is 2.65. The summed E-state index contributed by atoms with van der Waals surface area (Å²) in [7, 11) is 0. The van der Waals surface area contributed by atoms with Gasteiger partial charge in [-0.15, -0.1) is 5.73 Å². The fourth-order valence-electron chi connectivity index (χ4n) is 1.24. The lowest BCUT2D eigenvalue weighted by Gasteiger charge is -2.07. The van der Waals surface area contributed by atoms with Crippen LogP contribution >= 0.6 is 0 Å². The first kappa shape index (κ1) is 8.21. The van der Waals surface area contributed by atoms with Crippen LogP contribution in [0.5, 0.6) is 0 Å². The van der Waals surface area contributed by atoms with E-state index >= 15 is 0 Å². The quantitative estimate of drug-likeness (QED) is 0.462. The number of nitrogens with one attached hydrogen (secondary N) is 1. The van der Waals surface area contributed by atoms with Crippen LogP contribution in [0.4, 0.5) is 0 Å². The molecule has 0 aromatic carbocycles. The summed E-state index contributed by atoms with van der Waals surface area (Å²) in [5, 5.41) is 8.68. The van der Waals surface area contributed by atoms with Crippen LogP contribution in [0.25, 0.3) is 0 Å². The van der Waals surface area contributed by atoms with E-state index in [9.17, 15) is 4.79 Å². The number of carbonyl (C=O) groups excluding carboxylic acids is 1. The molecular formula is C8H11NO2. The summed E-state index contributed by atoms with van der Waals surface area (Å²) in [5.74, 6) is 0.0130. The van der Waals surface area contributed by atoms with Gasteiger partial charge in [-0.1, -0.05) is 6.58 Å². The van der Waals surface area contributed by atoms with Gasteiger partial charge in [-0.3, -0.25) is 4.79 Å². The van der Waals surface area contributed by atoms with Gasteiger partial charge in [0.05, 0.1) is 0 Å². The van der Waals surface area contributed by atoms with Crippen molar-refractivity contribution in [3.63, 3.8) is 0 Å². The summed E-state index contributed by atoms with van der Waals surface area (Å²) >= 11 is 0. The van der Waals surface area contributed by atoms with Gasteiger partial charge in [-0.05, 0) is 19.4 Å². The number of hydrogen-bond acceptors (Lipinski definition) is 3. The summed E-state index contributed by atoms with van der Waals surface area (Å²) in [6.45, 7) is 4.86. The number of hydrogen-bond donors (Lipinski definition) is 2. The van der Waals surface area contributed by atoms with Crippen LogP contribution in [0.2, 0.25) is 0 Å². The lowest BCUT2D eigenvalue weighted by atomic mass is 10.1. The molecule has 1 rings (SSSR count). The zero-order valence-corrected chi connectivity index (χ0v) is 6.42. The maximum absolute atomic E-state index is 11.0. The third kappa shape index (κ3) is 1.14. The smallest absolute Gasteiger partial charge is 0.152 e. The number of carbonyl (C=O) groups is 1. The fraction of sp³-hybridized carbons (Fsp3) is 0.500. The first-order valence-corrected chi connectivity index (χ1v) is 3.45. The van der Waals surface area contributed by atoms with Gasteiger partial charge < -0.3 is 5.21 Å². The van der Waals surface area contributed by atoms with Crippen LogP contribution in [0.1, 0.15) is 13.3 Å². The first-order valence-electron chi connectivity index (χ1n) is 3.45. The van der Waals surface area contributed by atoms with E-state index in [1.54, 1.807) is 6.08 Å². The molecule has 1 fully saturated rings. The normalized spacial score (nSPS) is 34.2. The standard InChI is InChI=1S/C8H11NO2/c1-3-4-7-5-8(7,9-11)6(2)10/h4,7,9,11H,1,5H2,2H3/t7-,8-/m1/s1. The minimum atomic E-state index is -0.731. The summed E-state index contributed by atoms with van der Waals surface area (Å²) in [6.07, 6.45) is 2.34. The predicted molar refractivity (Wildman–Crippen MR) is 40.2 cm³/mol. The second-order valence-corrected chi connectivity index (χ2v) is 2.82. The van der Waals surface area contributed by atoms with Crippen LogP contribution in [0, 0.1) is 5.92 Å². The summed E-state index contributed by atoms with van der Waals surface area (Å²) in [4.78, 5) is 11.0. The molecule has 0 spiro atoms. The molecular weight excluding hydrogens is 142 g/mol. The van der Waals surface area contributed by atoms with E-state index in [0.717, 1.165) is 0 Å². The Morgan fingerprint density at radius 3 is 2.91 bits per heavy atom. The van der Waals surface area contributed by atoms with Crippen molar-refractivity contribution in [2.45, 2.75) is 18.9 Å². The van der Waals surface area contributed by atoms with Gasteiger partial charge in [0, 0.05) is 5.92 Å². The second-order valence-electron chi connectivity index (χ2n) is 2.82. The van der Waals surface area contributed by atoms with Gasteiger partial charge >= 0.3 is 0 Å². The third-order valence-corrected chi connectivity index (χ3v) is 2.16. The Balaban J connectivity index is 2.71. The molecule has 0 heterocycles. The predicted octanol–water partition coefficient (Wildman–Crippen LogP) is 0.654. The van der Waals surface area contributed by atoms with E-state index in [4.69, 9.17) is 5.21 Å². The largest absolute Gasteiger partial charge is 0.316 e. The molecule has 0 saturated heterocycles. The van der Waals surface area contributed by atoms with E-state index in [1.807, 2.05) is 5.48 Å². The Bertz CT molecular complexity index is 230. The van der Waals surface area contributed by atoms with Crippen molar-refractivity contribution < 1.29 is 10.0 Å². The molecule has 3 nitrogen and oxygen atoms in total. The molecule has 0 radical (unpaired) electrons. The fourth-order valence-corrected chi connectivity index (χ4v) is 1.24. The van der Waals surface area contributed by atoms with Crippen molar-refractivity contribution in [3.05, 3.63) is 18.4 Å². The molecule has 0 aromatic rings. The minimum Gasteiger partial charge on any atom is -0.316 e. The number of rotatable bonds is 3. The van der Waals surface area contributed by atoms with Crippen LogP contribution in [-0.4, -0.2) is 16.5 Å². The van der Waals surface area contributed by atoms with Gasteiger partial charge in [0.1, 0.15) is 5.54 Å². The molecule has 1 aliphatic rings. The van der Waals surface area contributed by atoms with Crippen LogP contribution in [0.3, 0.4) is 0 Å². The molecule has 60 valence electrons. The summed E-state index contributed by atoms with van der Waals surface area (Å²) in [6, 6.07) is 0. The average molecular weight is 153 g/mol. The van der Waals surface area contributed by atoms with Gasteiger partial charge in [-0.2, -0.15) is 5.48 Å². The number of Topliss-reactive ketones (excluding diaryl/α,β-unsaturated/α-hetero) is 1. The highest BCUT2D eigenvalue weighted by molar-refractivity contribution is 5.90. The highest BCUT2D eigenvalue weighted by Gasteiger charge is 2.56. The van der Waals surface area contributed by atoms with Gasteiger partial charge in [-0.25, -0.2) is 0 Å². The molecule has 1 saturated carbocycles. The van der Waals surface area contributed by atoms with Gasteiger partial charge in [0.15, 0.2) is 5.78 Å². The molecule has 0 bridgehead atoms. The van der Waals surface area contributed by atoms with Crippen molar-refractivity contribution in [2.75, 3.05) is 0 Å². The lowest BCUT2D eigenvalue weighted by Crippen LogP contribution is -2.37. The van der Waals surface area contributed by atoms with E-state index < -0.39 is 5.54 Å². The maximum atomic E-state index is 11.0.